The number of amides is 1. The van der Waals surface area contributed by atoms with Crippen molar-refractivity contribution in [2.24, 2.45) is 0 Å². The number of alkyl halides is 5. The third kappa shape index (κ3) is 4.43. The monoisotopic (exact) mass is 360 g/mol. The predicted octanol–water partition coefficient (Wildman–Crippen LogP) is 4.07. The van der Waals surface area contributed by atoms with Crippen molar-refractivity contribution in [3.8, 4) is 16.9 Å². The number of rotatable bonds is 4. The summed E-state index contributed by atoms with van der Waals surface area (Å²) in [6, 6.07) is 3.58. The van der Waals surface area contributed by atoms with Crippen LogP contribution in [0.3, 0.4) is 0 Å². The number of ether oxygens (including phenoxy) is 1. The molecule has 0 unspecified atom stereocenters. The first-order valence-electron chi connectivity index (χ1n) is 6.92. The Labute approximate surface area is 139 Å². The molecule has 2 aromatic rings. The Balaban J connectivity index is 2.54. The summed E-state index contributed by atoms with van der Waals surface area (Å²) in [4.78, 5) is 17.1. The number of hydrogen-bond acceptors (Lipinski definition) is 3. The Morgan fingerprint density at radius 2 is 1.84 bits per heavy atom. The van der Waals surface area contributed by atoms with Crippen LogP contribution in [0.25, 0.3) is 11.1 Å². The number of nitrogens with zero attached hydrogens (tertiary/aromatic N) is 2. The maximum atomic E-state index is 12.8. The highest BCUT2D eigenvalue weighted by molar-refractivity contribution is 5.95. The molecule has 9 heteroatoms. The standard InChI is InChI=1S/C16H13F5N2O2/c1-23(2)14(24)10-5-9(7-22-8-10)12-4-3-11(16(19,20)21)6-13(12)25-15(17)18/h3-8,15H,1-2H3. The molecule has 0 fully saturated rings. The minimum Gasteiger partial charge on any atom is -0.434 e. The van der Waals surface area contributed by atoms with Gasteiger partial charge in [0.25, 0.3) is 5.91 Å². The van der Waals surface area contributed by atoms with Crippen LogP contribution in [0.15, 0.2) is 36.7 Å². The van der Waals surface area contributed by atoms with Gasteiger partial charge in [-0.2, -0.15) is 22.0 Å². The predicted molar refractivity (Wildman–Crippen MR) is 79.3 cm³/mol. The maximum absolute atomic E-state index is 12.8. The molecule has 134 valence electrons. The first-order valence-corrected chi connectivity index (χ1v) is 6.92. The fourth-order valence-electron chi connectivity index (χ4n) is 2.09. The molecule has 1 aromatic heterocycles. The van der Waals surface area contributed by atoms with Crippen LogP contribution in [0, 0.1) is 0 Å². The number of benzene rings is 1. The third-order valence-corrected chi connectivity index (χ3v) is 3.23. The normalized spacial score (nSPS) is 11.5. The van der Waals surface area contributed by atoms with Crippen molar-refractivity contribution in [3.63, 3.8) is 0 Å². The summed E-state index contributed by atoms with van der Waals surface area (Å²) in [6.07, 6.45) is -2.20. The highest BCUT2D eigenvalue weighted by Crippen LogP contribution is 2.37. The zero-order valence-corrected chi connectivity index (χ0v) is 13.1. The summed E-state index contributed by atoms with van der Waals surface area (Å²) in [7, 11) is 3.02. The van der Waals surface area contributed by atoms with Crippen LogP contribution in [-0.2, 0) is 6.18 Å². The first kappa shape index (κ1) is 18.6. The molecule has 1 amide bonds. The van der Waals surface area contributed by atoms with E-state index in [0.717, 1.165) is 12.1 Å². The number of carbonyl (C=O) groups is 1. The average Bonchev–Trinajstić information content (AvgIpc) is 2.52. The van der Waals surface area contributed by atoms with Crippen LogP contribution in [0.1, 0.15) is 15.9 Å². The molecule has 25 heavy (non-hydrogen) atoms. The number of pyridine rings is 1. The van der Waals surface area contributed by atoms with Gasteiger partial charge in [-0.05, 0) is 24.3 Å². The van der Waals surface area contributed by atoms with Gasteiger partial charge in [0.2, 0.25) is 0 Å². The van der Waals surface area contributed by atoms with Crippen molar-refractivity contribution in [2.75, 3.05) is 14.1 Å². The van der Waals surface area contributed by atoms with Gasteiger partial charge in [-0.1, -0.05) is 0 Å². The highest BCUT2D eigenvalue weighted by Gasteiger charge is 2.32. The van der Waals surface area contributed by atoms with Crippen molar-refractivity contribution in [2.45, 2.75) is 12.8 Å². The maximum Gasteiger partial charge on any atom is 0.416 e. The Kier molecular flexibility index (Phi) is 5.24. The number of hydrogen-bond donors (Lipinski definition) is 0. The van der Waals surface area contributed by atoms with Crippen LogP contribution < -0.4 is 4.74 Å². The molecule has 1 aromatic carbocycles. The molecule has 1 heterocycles. The van der Waals surface area contributed by atoms with Crippen LogP contribution in [0.4, 0.5) is 22.0 Å². The first-order chi connectivity index (χ1) is 11.6. The van der Waals surface area contributed by atoms with Crippen molar-refractivity contribution < 1.29 is 31.5 Å². The lowest BCUT2D eigenvalue weighted by Crippen LogP contribution is -2.21. The highest BCUT2D eigenvalue weighted by atomic mass is 19.4. The van der Waals surface area contributed by atoms with Crippen LogP contribution in [-0.4, -0.2) is 36.5 Å². The second kappa shape index (κ2) is 7.04. The van der Waals surface area contributed by atoms with Gasteiger partial charge in [-0.3, -0.25) is 9.78 Å². The smallest absolute Gasteiger partial charge is 0.416 e. The summed E-state index contributed by atoms with van der Waals surface area (Å²) in [5.74, 6) is -1.04. The number of aromatic nitrogens is 1. The topological polar surface area (TPSA) is 42.4 Å². The minimum atomic E-state index is -4.71. The van der Waals surface area contributed by atoms with E-state index in [4.69, 9.17) is 0 Å². The molecular weight excluding hydrogens is 347 g/mol. The summed E-state index contributed by atoms with van der Waals surface area (Å²) in [6.45, 7) is -3.30. The number of halogens is 5. The van der Waals surface area contributed by atoms with Gasteiger partial charge in [0.1, 0.15) is 5.75 Å². The molecule has 0 radical (unpaired) electrons. The van der Waals surface area contributed by atoms with Crippen LogP contribution in [0.5, 0.6) is 5.75 Å². The lowest BCUT2D eigenvalue weighted by molar-refractivity contribution is -0.138. The lowest BCUT2D eigenvalue weighted by atomic mass is 10.0. The summed E-state index contributed by atoms with van der Waals surface area (Å²) in [5.41, 5.74) is -0.822. The zero-order chi connectivity index (χ0) is 18.8. The molecule has 0 saturated carbocycles. The van der Waals surface area contributed by atoms with Gasteiger partial charge in [0.05, 0.1) is 11.1 Å². The molecular formula is C16H13F5N2O2. The lowest BCUT2D eigenvalue weighted by Gasteiger charge is -2.15. The Hall–Kier alpha value is -2.71. The van der Waals surface area contributed by atoms with E-state index in [1.54, 1.807) is 0 Å². The zero-order valence-electron chi connectivity index (χ0n) is 13.1. The second-order valence-electron chi connectivity index (χ2n) is 5.25. The molecule has 4 nitrogen and oxygen atoms in total. The third-order valence-electron chi connectivity index (χ3n) is 3.23. The van der Waals surface area contributed by atoms with Crippen molar-refractivity contribution in [1.82, 2.24) is 9.88 Å². The molecule has 0 aliphatic rings. The van der Waals surface area contributed by atoms with E-state index < -0.39 is 30.0 Å². The average molecular weight is 360 g/mol. The molecule has 0 aliphatic heterocycles. The van der Waals surface area contributed by atoms with Gasteiger partial charge in [0.15, 0.2) is 0 Å². The Morgan fingerprint density at radius 3 is 2.40 bits per heavy atom. The van der Waals surface area contributed by atoms with Gasteiger partial charge in [-0.25, -0.2) is 0 Å². The second-order valence-corrected chi connectivity index (χ2v) is 5.25. The van der Waals surface area contributed by atoms with Gasteiger partial charge in [0, 0.05) is 37.6 Å². The number of carbonyl (C=O) groups excluding carboxylic acids is 1. The summed E-state index contributed by atoms with van der Waals surface area (Å²) in [5, 5.41) is 0. The molecule has 0 atom stereocenters. The Morgan fingerprint density at radius 1 is 1.16 bits per heavy atom. The van der Waals surface area contributed by atoms with E-state index in [-0.39, 0.29) is 16.7 Å². The van der Waals surface area contributed by atoms with Crippen molar-refractivity contribution in [1.29, 1.82) is 0 Å². The quantitative estimate of drug-likeness (QED) is 0.772. The minimum absolute atomic E-state index is 0.0331. The van der Waals surface area contributed by atoms with Gasteiger partial charge in [-0.15, -0.1) is 0 Å². The Bertz CT molecular complexity index is 775. The molecule has 0 aliphatic carbocycles. The van der Waals surface area contributed by atoms with E-state index in [1.165, 1.54) is 37.5 Å². The fourth-order valence-corrected chi connectivity index (χ4v) is 2.09. The van der Waals surface area contributed by atoms with Crippen molar-refractivity contribution in [3.05, 3.63) is 47.8 Å². The summed E-state index contributed by atoms with van der Waals surface area (Å²) < 4.78 is 67.8. The summed E-state index contributed by atoms with van der Waals surface area (Å²) >= 11 is 0. The van der Waals surface area contributed by atoms with Crippen LogP contribution in [0.2, 0.25) is 0 Å². The largest absolute Gasteiger partial charge is 0.434 e. The van der Waals surface area contributed by atoms with E-state index in [1.807, 2.05) is 0 Å². The van der Waals surface area contributed by atoms with E-state index in [0.29, 0.717) is 6.07 Å². The SMILES string of the molecule is CN(C)C(=O)c1cncc(-c2ccc(C(F)(F)F)cc2OC(F)F)c1. The van der Waals surface area contributed by atoms with Gasteiger partial charge < -0.3 is 9.64 Å². The molecule has 2 rings (SSSR count). The fraction of sp³-hybridized carbons (Fsp3) is 0.250. The van der Waals surface area contributed by atoms with Gasteiger partial charge >= 0.3 is 12.8 Å². The van der Waals surface area contributed by atoms with Crippen molar-refractivity contribution >= 4 is 5.91 Å². The molecule has 0 N–H and O–H groups in total. The molecule has 0 saturated heterocycles. The molecule has 0 spiro atoms. The molecule has 0 bridgehead atoms. The van der Waals surface area contributed by atoms with E-state index in [9.17, 15) is 26.7 Å². The van der Waals surface area contributed by atoms with E-state index in [2.05, 4.69) is 9.72 Å². The van der Waals surface area contributed by atoms with E-state index >= 15 is 0 Å². The van der Waals surface area contributed by atoms with Crippen LogP contribution >= 0.6 is 0 Å².